The van der Waals surface area contributed by atoms with E-state index in [4.69, 9.17) is 9.47 Å². The minimum Gasteiger partial charge on any atom is -0.493 e. The minimum atomic E-state index is -5.30. The second kappa shape index (κ2) is 9.94. The Hall–Kier alpha value is -3.02. The van der Waals surface area contributed by atoms with E-state index in [-0.39, 0.29) is 18.8 Å². The number of amides is 1. The van der Waals surface area contributed by atoms with Crippen molar-refractivity contribution in [2.24, 2.45) is 5.92 Å². The molecule has 2 aliphatic rings. The molecule has 2 fully saturated rings. The number of anilines is 1. The molecule has 12 heteroatoms. The van der Waals surface area contributed by atoms with Crippen LogP contribution in [0.2, 0.25) is 0 Å². The SMILES string of the molecule is COc1ccc([C@]23CC[C@H](N(C(=O)C(F)(F)F)c4ccc(C(F)(F)F)c(F)c4)C[C@H]2CN(C)C3)cc1OC. The van der Waals surface area contributed by atoms with Crippen LogP contribution in [0.5, 0.6) is 11.5 Å². The van der Waals surface area contributed by atoms with Crippen molar-refractivity contribution < 1.29 is 45.0 Å². The van der Waals surface area contributed by atoms with Gasteiger partial charge < -0.3 is 19.3 Å². The Balaban J connectivity index is 1.72. The number of likely N-dealkylation sites (N-methyl/N-ethyl adjacent to an activating group) is 1. The Labute approximate surface area is 215 Å². The molecule has 1 amide bonds. The number of halogens is 7. The van der Waals surface area contributed by atoms with Gasteiger partial charge in [0.2, 0.25) is 0 Å². The molecular formula is C26H27F7N2O3. The molecule has 0 unspecified atom stereocenters. The van der Waals surface area contributed by atoms with Crippen LogP contribution in [0.25, 0.3) is 0 Å². The van der Waals surface area contributed by atoms with Gasteiger partial charge in [-0.2, -0.15) is 26.3 Å². The molecule has 5 nitrogen and oxygen atoms in total. The molecule has 1 aliphatic carbocycles. The lowest BCUT2D eigenvalue weighted by molar-refractivity contribution is -0.171. The van der Waals surface area contributed by atoms with Crippen molar-refractivity contribution in [1.82, 2.24) is 4.90 Å². The summed E-state index contributed by atoms with van der Waals surface area (Å²) < 4.78 is 105. The summed E-state index contributed by atoms with van der Waals surface area (Å²) in [4.78, 5) is 15.0. The van der Waals surface area contributed by atoms with Crippen LogP contribution in [0.3, 0.4) is 0 Å². The summed E-state index contributed by atoms with van der Waals surface area (Å²) >= 11 is 0. The fourth-order valence-electron chi connectivity index (χ4n) is 6.05. The van der Waals surface area contributed by atoms with Gasteiger partial charge in [-0.15, -0.1) is 0 Å². The highest BCUT2D eigenvalue weighted by atomic mass is 19.4. The molecule has 1 aliphatic heterocycles. The van der Waals surface area contributed by atoms with Gasteiger partial charge in [-0.3, -0.25) is 4.79 Å². The summed E-state index contributed by atoms with van der Waals surface area (Å²) in [6.07, 6.45) is -9.66. The van der Waals surface area contributed by atoms with Crippen molar-refractivity contribution in [3.63, 3.8) is 0 Å². The number of alkyl halides is 6. The number of benzene rings is 2. The van der Waals surface area contributed by atoms with Crippen LogP contribution >= 0.6 is 0 Å². The van der Waals surface area contributed by atoms with Gasteiger partial charge in [0, 0.05) is 30.2 Å². The van der Waals surface area contributed by atoms with Crippen LogP contribution in [0.1, 0.15) is 30.4 Å². The van der Waals surface area contributed by atoms with Crippen molar-refractivity contribution in [3.8, 4) is 11.5 Å². The van der Waals surface area contributed by atoms with Crippen molar-refractivity contribution in [1.29, 1.82) is 0 Å². The normalized spacial score (nSPS) is 24.2. The Kier molecular flexibility index (Phi) is 7.32. The van der Waals surface area contributed by atoms with E-state index < -0.39 is 46.8 Å². The predicted molar refractivity (Wildman–Crippen MR) is 125 cm³/mol. The van der Waals surface area contributed by atoms with Crippen LogP contribution in [0.4, 0.5) is 36.4 Å². The number of ether oxygens (including phenoxy) is 2. The Bertz CT molecular complexity index is 1200. The topological polar surface area (TPSA) is 42.0 Å². The summed E-state index contributed by atoms with van der Waals surface area (Å²) in [5, 5.41) is 0. The number of hydrogen-bond acceptors (Lipinski definition) is 4. The molecule has 0 aromatic heterocycles. The zero-order chi connectivity index (χ0) is 28.0. The van der Waals surface area contributed by atoms with Crippen LogP contribution in [-0.4, -0.2) is 57.4 Å². The van der Waals surface area contributed by atoms with Crippen molar-refractivity contribution >= 4 is 11.6 Å². The first-order chi connectivity index (χ1) is 17.7. The van der Waals surface area contributed by atoms with Gasteiger partial charge in [0.25, 0.3) is 0 Å². The van der Waals surface area contributed by atoms with Crippen molar-refractivity contribution in [2.45, 2.75) is 43.1 Å². The number of likely N-dealkylation sites (tertiary alicyclic amines) is 1. The van der Waals surface area contributed by atoms with Gasteiger partial charge in [0.05, 0.1) is 19.8 Å². The summed E-state index contributed by atoms with van der Waals surface area (Å²) in [6.45, 7) is 1.14. The second-order valence-corrected chi connectivity index (χ2v) is 9.88. The van der Waals surface area contributed by atoms with E-state index in [1.54, 1.807) is 6.07 Å². The van der Waals surface area contributed by atoms with Crippen molar-refractivity contribution in [3.05, 3.63) is 53.3 Å². The molecule has 1 saturated heterocycles. The number of carbonyl (C=O) groups is 1. The maximum atomic E-state index is 14.3. The average molecular weight is 548 g/mol. The number of hydrogen-bond donors (Lipinski definition) is 0. The van der Waals surface area contributed by atoms with E-state index in [0.29, 0.717) is 54.1 Å². The van der Waals surface area contributed by atoms with E-state index in [1.165, 1.54) is 14.2 Å². The van der Waals surface area contributed by atoms with Crippen LogP contribution in [0, 0.1) is 11.7 Å². The first-order valence-electron chi connectivity index (χ1n) is 11.9. The van der Waals surface area contributed by atoms with Crippen LogP contribution in [0.15, 0.2) is 36.4 Å². The van der Waals surface area contributed by atoms with Gasteiger partial charge in [0.15, 0.2) is 11.5 Å². The molecule has 0 spiro atoms. The lowest BCUT2D eigenvalue weighted by Crippen LogP contribution is -2.52. The summed E-state index contributed by atoms with van der Waals surface area (Å²) in [5.74, 6) is -3.15. The maximum absolute atomic E-state index is 14.3. The van der Waals surface area contributed by atoms with Gasteiger partial charge in [-0.25, -0.2) is 4.39 Å². The Morgan fingerprint density at radius 1 is 1.03 bits per heavy atom. The first kappa shape index (κ1) is 28.0. The van der Waals surface area contributed by atoms with E-state index in [9.17, 15) is 35.5 Å². The van der Waals surface area contributed by atoms with E-state index in [2.05, 4.69) is 4.90 Å². The van der Waals surface area contributed by atoms with Crippen LogP contribution < -0.4 is 14.4 Å². The molecule has 2 aromatic rings. The third-order valence-corrected chi connectivity index (χ3v) is 7.67. The number of methoxy groups -OCH3 is 2. The Morgan fingerprint density at radius 3 is 2.29 bits per heavy atom. The first-order valence-corrected chi connectivity index (χ1v) is 11.9. The van der Waals surface area contributed by atoms with E-state index >= 15 is 0 Å². The number of rotatable bonds is 5. The third-order valence-electron chi connectivity index (χ3n) is 7.67. The molecule has 1 heterocycles. The molecule has 2 aromatic carbocycles. The zero-order valence-electron chi connectivity index (χ0n) is 20.9. The minimum absolute atomic E-state index is 0.128. The maximum Gasteiger partial charge on any atom is 0.471 e. The van der Waals surface area contributed by atoms with Gasteiger partial charge in [-0.1, -0.05) is 6.07 Å². The van der Waals surface area contributed by atoms with Gasteiger partial charge in [-0.05, 0) is 68.1 Å². The molecule has 0 N–H and O–H groups in total. The van der Waals surface area contributed by atoms with Crippen LogP contribution in [-0.2, 0) is 16.4 Å². The summed E-state index contributed by atoms with van der Waals surface area (Å²) in [7, 11) is 4.89. The monoisotopic (exact) mass is 548 g/mol. The fourth-order valence-corrected chi connectivity index (χ4v) is 6.05. The van der Waals surface area contributed by atoms with Crippen molar-refractivity contribution in [2.75, 3.05) is 39.3 Å². The molecule has 0 radical (unpaired) electrons. The summed E-state index contributed by atoms with van der Waals surface area (Å²) in [5.41, 5.74) is -1.72. The van der Waals surface area contributed by atoms with Gasteiger partial charge >= 0.3 is 18.3 Å². The highest BCUT2D eigenvalue weighted by Crippen LogP contribution is 2.51. The molecule has 3 atom stereocenters. The highest BCUT2D eigenvalue weighted by molar-refractivity contribution is 5.98. The molecular weight excluding hydrogens is 521 g/mol. The third kappa shape index (κ3) is 5.02. The fraction of sp³-hybridized carbons (Fsp3) is 0.500. The lowest BCUT2D eigenvalue weighted by atomic mass is 9.63. The smallest absolute Gasteiger partial charge is 0.471 e. The molecule has 38 heavy (non-hydrogen) atoms. The zero-order valence-corrected chi connectivity index (χ0v) is 20.9. The Morgan fingerprint density at radius 2 is 1.71 bits per heavy atom. The number of fused-ring (bicyclic) bond motifs is 1. The lowest BCUT2D eigenvalue weighted by Gasteiger charge is -2.46. The largest absolute Gasteiger partial charge is 0.493 e. The predicted octanol–water partition coefficient (Wildman–Crippen LogP) is 5.81. The average Bonchev–Trinajstić information content (AvgIpc) is 3.18. The quantitative estimate of drug-likeness (QED) is 0.443. The number of carbonyl (C=O) groups excluding carboxylic acids is 1. The summed E-state index contributed by atoms with van der Waals surface area (Å²) in [6, 6.07) is 5.92. The molecule has 1 saturated carbocycles. The second-order valence-electron chi connectivity index (χ2n) is 9.88. The van der Waals surface area contributed by atoms with Gasteiger partial charge in [0.1, 0.15) is 5.82 Å². The highest BCUT2D eigenvalue weighted by Gasteiger charge is 2.53. The van der Waals surface area contributed by atoms with E-state index in [1.807, 2.05) is 19.2 Å². The molecule has 4 rings (SSSR count). The number of nitrogens with zero attached hydrogens (tertiary/aromatic N) is 2. The van der Waals surface area contributed by atoms with E-state index in [0.717, 1.165) is 5.56 Å². The molecule has 208 valence electrons. The standard InChI is InChI=1S/C26H27F7N2O3/c1-34-13-16-10-18(8-9-24(16,14-34)15-4-7-21(37-2)22(11-15)38-3)35(23(36)26(31,32)33)17-5-6-19(20(27)12-17)25(28,29)30/h4-7,11-12,16,18H,8-10,13-14H2,1-3H3/t16-,18-,24+/m0/s1. The molecule has 0 bridgehead atoms.